The average molecular weight is 510 g/mol. The van der Waals surface area contributed by atoms with E-state index in [1.165, 1.54) is 0 Å². The van der Waals surface area contributed by atoms with Crippen molar-refractivity contribution in [2.45, 2.75) is 13.0 Å². The maximum absolute atomic E-state index is 12.7. The van der Waals surface area contributed by atoms with E-state index < -0.39 is 6.10 Å². The number of ether oxygens (including phenoxy) is 1. The zero-order chi connectivity index (χ0) is 23.7. The molecule has 0 saturated carbocycles. The summed E-state index contributed by atoms with van der Waals surface area (Å²) in [5, 5.41) is 18.9. The molecule has 0 fully saturated rings. The first-order valence-electron chi connectivity index (χ1n) is 10.3. The molecular formula is C24H17Cl2N5O2S. The molecule has 1 N–H and O–H groups in total. The molecule has 0 aliphatic carbocycles. The molecule has 2 aromatic carbocycles. The molecule has 34 heavy (non-hydrogen) atoms. The van der Waals surface area contributed by atoms with Gasteiger partial charge in [0, 0.05) is 16.3 Å². The van der Waals surface area contributed by atoms with Gasteiger partial charge in [-0.15, -0.1) is 21.5 Å². The monoisotopic (exact) mass is 509 g/mol. The van der Waals surface area contributed by atoms with Crippen LogP contribution in [0, 0.1) is 0 Å². The highest BCUT2D eigenvalue weighted by Crippen LogP contribution is 2.29. The van der Waals surface area contributed by atoms with E-state index in [-0.39, 0.29) is 5.91 Å². The van der Waals surface area contributed by atoms with E-state index in [0.29, 0.717) is 33.0 Å². The molecule has 5 aromatic rings. The van der Waals surface area contributed by atoms with Crippen LogP contribution in [0.5, 0.6) is 5.75 Å². The summed E-state index contributed by atoms with van der Waals surface area (Å²) in [5.74, 6) is 0.754. The van der Waals surface area contributed by atoms with Crippen LogP contribution in [-0.4, -0.2) is 31.8 Å². The van der Waals surface area contributed by atoms with Gasteiger partial charge in [0.25, 0.3) is 5.91 Å². The molecule has 1 atom stereocenters. The minimum absolute atomic E-state index is 0.314. The molecular weight excluding hydrogens is 493 g/mol. The van der Waals surface area contributed by atoms with Crippen molar-refractivity contribution in [3.05, 3.63) is 82.2 Å². The van der Waals surface area contributed by atoms with Gasteiger partial charge >= 0.3 is 0 Å². The Morgan fingerprint density at radius 1 is 1.06 bits per heavy atom. The van der Waals surface area contributed by atoms with Crippen molar-refractivity contribution in [1.29, 1.82) is 0 Å². The molecule has 3 heterocycles. The lowest BCUT2D eigenvalue weighted by molar-refractivity contribution is -0.122. The topological polar surface area (TPSA) is 81.4 Å². The number of benzene rings is 2. The smallest absolute Gasteiger partial charge is 0.265 e. The number of anilines is 1. The Labute approximate surface area is 208 Å². The summed E-state index contributed by atoms with van der Waals surface area (Å²) in [7, 11) is 0. The van der Waals surface area contributed by atoms with Crippen LogP contribution in [0.4, 0.5) is 5.69 Å². The number of thiophene rings is 1. The number of hydrogen-bond donors (Lipinski definition) is 1. The van der Waals surface area contributed by atoms with Gasteiger partial charge in [-0.05, 0) is 60.8 Å². The third-order valence-corrected chi connectivity index (χ3v) is 6.39. The molecule has 10 heteroatoms. The number of nitrogens with one attached hydrogen (secondary N) is 1. The lowest BCUT2D eigenvalue weighted by atomic mass is 10.1. The number of halogens is 2. The van der Waals surface area contributed by atoms with E-state index in [2.05, 4.69) is 15.5 Å². The number of carbonyl (C=O) groups excluding carboxylic acids is 1. The Morgan fingerprint density at radius 3 is 2.74 bits per heavy atom. The maximum Gasteiger partial charge on any atom is 0.265 e. The van der Waals surface area contributed by atoms with Gasteiger partial charge in [-0.3, -0.25) is 4.79 Å². The molecule has 1 unspecified atom stereocenters. The van der Waals surface area contributed by atoms with Crippen molar-refractivity contribution < 1.29 is 9.53 Å². The van der Waals surface area contributed by atoms with Gasteiger partial charge < -0.3 is 10.1 Å². The average Bonchev–Trinajstić information content (AvgIpc) is 3.50. The zero-order valence-electron chi connectivity index (χ0n) is 17.8. The number of nitrogens with zero attached hydrogens (tertiary/aromatic N) is 4. The van der Waals surface area contributed by atoms with Gasteiger partial charge in [-0.25, -0.2) is 0 Å². The lowest BCUT2D eigenvalue weighted by Crippen LogP contribution is -2.30. The van der Waals surface area contributed by atoms with Gasteiger partial charge in [-0.1, -0.05) is 41.4 Å². The maximum atomic E-state index is 12.7. The number of rotatable bonds is 6. The summed E-state index contributed by atoms with van der Waals surface area (Å²) >= 11 is 13.6. The summed E-state index contributed by atoms with van der Waals surface area (Å²) in [6, 6.07) is 20.0. The Kier molecular flexibility index (Phi) is 6.19. The van der Waals surface area contributed by atoms with Gasteiger partial charge in [0.1, 0.15) is 5.75 Å². The standard InChI is InChI=1S/C24H17Cl2N5O2S/c1-14(33-20-9-7-16(25)13-18(20)26)24(32)27-17-5-2-4-15(12-17)19-8-10-22-28-29-23(31(22)30-19)21-6-3-11-34-21/h2-14H,1H3,(H,27,32). The fraction of sp³-hybridized carbons (Fsp3) is 0.0833. The normalized spacial score (nSPS) is 12.0. The molecule has 1 amide bonds. The number of carbonyl (C=O) groups is 1. The first-order valence-corrected chi connectivity index (χ1v) is 11.9. The predicted octanol–water partition coefficient (Wildman–Crippen LogP) is 6.23. The quantitative estimate of drug-likeness (QED) is 0.293. The highest BCUT2D eigenvalue weighted by molar-refractivity contribution is 7.13. The summed E-state index contributed by atoms with van der Waals surface area (Å²) in [6.07, 6.45) is -0.776. The molecule has 0 aliphatic rings. The number of hydrogen-bond acceptors (Lipinski definition) is 6. The van der Waals surface area contributed by atoms with Gasteiger partial charge in [0.2, 0.25) is 0 Å². The first-order chi connectivity index (χ1) is 16.5. The lowest BCUT2D eigenvalue weighted by Gasteiger charge is -2.16. The van der Waals surface area contributed by atoms with Crippen LogP contribution in [0.15, 0.2) is 72.1 Å². The van der Waals surface area contributed by atoms with E-state index >= 15 is 0 Å². The second kappa shape index (κ2) is 9.42. The predicted molar refractivity (Wildman–Crippen MR) is 135 cm³/mol. The van der Waals surface area contributed by atoms with Gasteiger partial charge in [-0.2, -0.15) is 9.61 Å². The van der Waals surface area contributed by atoms with E-state index in [1.54, 1.807) is 47.0 Å². The molecule has 3 aromatic heterocycles. The van der Waals surface area contributed by atoms with Crippen LogP contribution >= 0.6 is 34.5 Å². The summed E-state index contributed by atoms with van der Waals surface area (Å²) in [6.45, 7) is 1.65. The van der Waals surface area contributed by atoms with E-state index in [0.717, 1.165) is 16.1 Å². The SMILES string of the molecule is CC(Oc1ccc(Cl)cc1Cl)C(=O)Nc1cccc(-c2ccc3nnc(-c4cccs4)n3n2)c1. The number of amides is 1. The fourth-order valence-electron chi connectivity index (χ4n) is 3.32. The van der Waals surface area contributed by atoms with Gasteiger partial charge in [0.15, 0.2) is 17.6 Å². The number of aromatic nitrogens is 4. The van der Waals surface area contributed by atoms with Crippen LogP contribution in [0.25, 0.3) is 27.6 Å². The largest absolute Gasteiger partial charge is 0.479 e. The van der Waals surface area contributed by atoms with Crippen molar-refractivity contribution in [3.8, 4) is 27.7 Å². The molecule has 5 rings (SSSR count). The van der Waals surface area contributed by atoms with E-state index in [4.69, 9.17) is 33.0 Å². The summed E-state index contributed by atoms with van der Waals surface area (Å²) < 4.78 is 7.43. The summed E-state index contributed by atoms with van der Waals surface area (Å²) in [4.78, 5) is 13.7. The van der Waals surface area contributed by atoms with Crippen molar-refractivity contribution in [2.24, 2.45) is 0 Å². The highest BCUT2D eigenvalue weighted by atomic mass is 35.5. The molecule has 0 radical (unpaired) electrons. The Morgan fingerprint density at radius 2 is 1.94 bits per heavy atom. The second-order valence-electron chi connectivity index (χ2n) is 7.39. The minimum Gasteiger partial charge on any atom is -0.479 e. The molecule has 0 saturated heterocycles. The van der Waals surface area contributed by atoms with Gasteiger partial charge in [0.05, 0.1) is 15.6 Å². The molecule has 0 spiro atoms. The Balaban J connectivity index is 1.36. The molecule has 7 nitrogen and oxygen atoms in total. The molecule has 170 valence electrons. The highest BCUT2D eigenvalue weighted by Gasteiger charge is 2.17. The third-order valence-electron chi connectivity index (χ3n) is 5.00. The van der Waals surface area contributed by atoms with Crippen LogP contribution < -0.4 is 10.1 Å². The van der Waals surface area contributed by atoms with E-state index in [1.807, 2.05) is 47.8 Å². The van der Waals surface area contributed by atoms with Crippen LogP contribution in [0.2, 0.25) is 10.0 Å². The van der Waals surface area contributed by atoms with Crippen LogP contribution in [0.1, 0.15) is 6.92 Å². The zero-order valence-corrected chi connectivity index (χ0v) is 20.1. The Bertz CT molecular complexity index is 1490. The van der Waals surface area contributed by atoms with Crippen LogP contribution in [0.3, 0.4) is 0 Å². The number of fused-ring (bicyclic) bond motifs is 1. The van der Waals surface area contributed by atoms with E-state index in [9.17, 15) is 4.79 Å². The van der Waals surface area contributed by atoms with Crippen LogP contribution in [-0.2, 0) is 4.79 Å². The second-order valence-corrected chi connectivity index (χ2v) is 9.19. The third kappa shape index (κ3) is 4.61. The van der Waals surface area contributed by atoms with Crippen molar-refractivity contribution in [1.82, 2.24) is 19.8 Å². The molecule has 0 aliphatic heterocycles. The fourth-order valence-corrected chi connectivity index (χ4v) is 4.46. The minimum atomic E-state index is -0.776. The summed E-state index contributed by atoms with van der Waals surface area (Å²) in [5.41, 5.74) is 2.83. The van der Waals surface area contributed by atoms with Crippen molar-refractivity contribution >= 4 is 51.8 Å². The molecule has 0 bridgehead atoms. The first kappa shape index (κ1) is 22.3. The Hall–Kier alpha value is -3.46. The van der Waals surface area contributed by atoms with Crippen molar-refractivity contribution in [3.63, 3.8) is 0 Å². The van der Waals surface area contributed by atoms with Crippen molar-refractivity contribution in [2.75, 3.05) is 5.32 Å².